The zero-order valence-electron chi connectivity index (χ0n) is 11.6. The van der Waals surface area contributed by atoms with Crippen molar-refractivity contribution in [2.24, 2.45) is 5.92 Å². The number of urea groups is 1. The van der Waals surface area contributed by atoms with Crippen LogP contribution in [0.25, 0.3) is 0 Å². The molecule has 110 valence electrons. The Balaban J connectivity index is 2.10. The van der Waals surface area contributed by atoms with Crippen LogP contribution in [0.15, 0.2) is 0 Å². The van der Waals surface area contributed by atoms with Crippen LogP contribution < -0.4 is 10.6 Å². The Labute approximate surface area is 117 Å². The Morgan fingerprint density at radius 3 is 2.60 bits per heavy atom. The molecule has 20 heavy (non-hydrogen) atoms. The van der Waals surface area contributed by atoms with E-state index in [4.69, 9.17) is 0 Å². The lowest BCUT2D eigenvalue weighted by Gasteiger charge is -2.33. The Hall–Kier alpha value is -1.92. The minimum absolute atomic E-state index is 0.154. The van der Waals surface area contributed by atoms with Crippen molar-refractivity contribution < 1.29 is 19.2 Å². The van der Waals surface area contributed by atoms with Crippen molar-refractivity contribution in [2.75, 3.05) is 0 Å². The highest BCUT2D eigenvalue weighted by Gasteiger charge is 2.44. The summed E-state index contributed by atoms with van der Waals surface area (Å²) >= 11 is 0. The summed E-state index contributed by atoms with van der Waals surface area (Å²) in [6.45, 7) is 3.35. The summed E-state index contributed by atoms with van der Waals surface area (Å²) in [5, 5.41) is 4.90. The lowest BCUT2D eigenvalue weighted by atomic mass is 9.98. The maximum atomic E-state index is 12.2. The lowest BCUT2D eigenvalue weighted by Crippen LogP contribution is -2.63. The van der Waals surface area contributed by atoms with Gasteiger partial charge in [-0.2, -0.15) is 0 Å². The fourth-order valence-electron chi connectivity index (χ4n) is 2.21. The van der Waals surface area contributed by atoms with E-state index in [1.165, 1.54) is 6.92 Å². The highest BCUT2D eigenvalue weighted by molar-refractivity contribution is 6.17. The average molecular weight is 281 g/mol. The molecule has 7 nitrogen and oxygen atoms in total. The van der Waals surface area contributed by atoms with Crippen molar-refractivity contribution in [3.05, 3.63) is 0 Å². The predicted octanol–water partition coefficient (Wildman–Crippen LogP) is 0.148. The number of hydrogen-bond acceptors (Lipinski definition) is 4. The first-order valence-corrected chi connectivity index (χ1v) is 6.94. The number of imide groups is 2. The number of carbonyl (C=O) groups is 4. The van der Waals surface area contributed by atoms with Crippen molar-refractivity contribution in [1.29, 1.82) is 0 Å². The molecule has 7 heteroatoms. The highest BCUT2D eigenvalue weighted by atomic mass is 16.2. The summed E-state index contributed by atoms with van der Waals surface area (Å²) in [5.74, 6) is -2.40. The van der Waals surface area contributed by atoms with Gasteiger partial charge in [-0.25, -0.2) is 4.79 Å². The minimum atomic E-state index is -0.907. The maximum absolute atomic E-state index is 12.2. The Morgan fingerprint density at radius 1 is 1.40 bits per heavy atom. The van der Waals surface area contributed by atoms with Gasteiger partial charge in [0, 0.05) is 6.04 Å². The molecule has 1 saturated carbocycles. The van der Waals surface area contributed by atoms with E-state index < -0.39 is 29.8 Å². The molecule has 0 radical (unpaired) electrons. The second-order valence-electron chi connectivity index (χ2n) is 5.30. The van der Waals surface area contributed by atoms with E-state index in [2.05, 4.69) is 10.6 Å². The number of amides is 5. The van der Waals surface area contributed by atoms with E-state index in [1.54, 1.807) is 0 Å². The van der Waals surface area contributed by atoms with Crippen LogP contribution in [0.1, 0.15) is 39.5 Å². The van der Waals surface area contributed by atoms with Gasteiger partial charge in [-0.05, 0) is 26.2 Å². The van der Waals surface area contributed by atoms with Crippen molar-refractivity contribution in [3.8, 4) is 0 Å². The number of nitrogens with zero attached hydrogens (tertiary/aromatic N) is 1. The second-order valence-corrected chi connectivity index (χ2v) is 5.30. The van der Waals surface area contributed by atoms with Crippen molar-refractivity contribution in [1.82, 2.24) is 15.5 Å². The molecule has 2 atom stereocenters. The molecule has 0 aromatic carbocycles. The molecule has 2 aliphatic rings. The molecule has 0 aromatic heterocycles. The maximum Gasteiger partial charge on any atom is 0.331 e. The van der Waals surface area contributed by atoms with E-state index in [-0.39, 0.29) is 11.9 Å². The van der Waals surface area contributed by atoms with Crippen LogP contribution in [0.3, 0.4) is 0 Å². The van der Waals surface area contributed by atoms with Gasteiger partial charge in [0.2, 0.25) is 17.7 Å². The summed E-state index contributed by atoms with van der Waals surface area (Å²) in [5.41, 5.74) is 0. The topological polar surface area (TPSA) is 95.6 Å². The smallest absolute Gasteiger partial charge is 0.331 e. The summed E-state index contributed by atoms with van der Waals surface area (Å²) in [7, 11) is 0. The van der Waals surface area contributed by atoms with Crippen LogP contribution in [0.4, 0.5) is 4.79 Å². The fraction of sp³-hybridized carbons (Fsp3) is 0.692. The predicted molar refractivity (Wildman–Crippen MR) is 69.4 cm³/mol. The largest absolute Gasteiger partial charge is 0.352 e. The quantitative estimate of drug-likeness (QED) is 0.701. The molecular weight excluding hydrogens is 262 g/mol. The zero-order chi connectivity index (χ0) is 14.9. The third kappa shape index (κ3) is 2.81. The van der Waals surface area contributed by atoms with Crippen LogP contribution in [0.5, 0.6) is 0 Å². The van der Waals surface area contributed by atoms with Crippen LogP contribution >= 0.6 is 0 Å². The number of carbonyl (C=O) groups excluding carboxylic acids is 4. The molecule has 0 bridgehead atoms. The van der Waals surface area contributed by atoms with Crippen molar-refractivity contribution in [2.45, 2.75) is 51.6 Å². The number of hydrogen-bond donors (Lipinski definition) is 2. The summed E-state index contributed by atoms with van der Waals surface area (Å²) in [6, 6.07) is -1.57. The Kier molecular flexibility index (Phi) is 4.06. The van der Waals surface area contributed by atoms with Gasteiger partial charge < -0.3 is 5.32 Å². The fourth-order valence-corrected chi connectivity index (χ4v) is 2.21. The zero-order valence-corrected chi connectivity index (χ0v) is 11.6. The molecule has 0 aromatic rings. The Bertz CT molecular complexity index is 459. The summed E-state index contributed by atoms with van der Waals surface area (Å²) in [4.78, 5) is 48.5. The van der Waals surface area contributed by atoms with Gasteiger partial charge in [0.15, 0.2) is 0 Å². The molecule has 2 fully saturated rings. The molecular formula is C13H19N3O4. The first-order valence-electron chi connectivity index (χ1n) is 6.94. The first kappa shape index (κ1) is 14.5. The Morgan fingerprint density at radius 2 is 2.05 bits per heavy atom. The summed E-state index contributed by atoms with van der Waals surface area (Å²) < 4.78 is 0. The van der Waals surface area contributed by atoms with Gasteiger partial charge in [0.05, 0.1) is 0 Å². The van der Waals surface area contributed by atoms with E-state index >= 15 is 0 Å². The van der Waals surface area contributed by atoms with Gasteiger partial charge in [-0.3, -0.25) is 24.6 Å². The average Bonchev–Trinajstić information content (AvgIpc) is 3.17. The SMILES string of the molecule is CCCC1C(=O)NC(=O)N(C(C)C(=O)NC2CC2)C1=O. The molecule has 2 rings (SSSR count). The van der Waals surface area contributed by atoms with Crippen LogP contribution in [-0.2, 0) is 14.4 Å². The van der Waals surface area contributed by atoms with Gasteiger partial charge in [-0.1, -0.05) is 13.3 Å². The van der Waals surface area contributed by atoms with Crippen LogP contribution in [0, 0.1) is 5.92 Å². The molecule has 0 spiro atoms. The van der Waals surface area contributed by atoms with Crippen LogP contribution in [-0.4, -0.2) is 40.7 Å². The lowest BCUT2D eigenvalue weighted by molar-refractivity contribution is -0.147. The second kappa shape index (κ2) is 5.60. The molecule has 1 heterocycles. The molecule has 1 aliphatic carbocycles. The standard InChI is InChI=1S/C13H19N3O4/c1-3-4-9-11(18)15-13(20)16(12(9)19)7(2)10(17)14-8-5-6-8/h7-9H,3-6H2,1-2H3,(H,14,17)(H,15,18,20). The van der Waals surface area contributed by atoms with E-state index in [0.717, 1.165) is 17.7 Å². The van der Waals surface area contributed by atoms with Gasteiger partial charge in [-0.15, -0.1) is 0 Å². The highest BCUT2D eigenvalue weighted by Crippen LogP contribution is 2.21. The van der Waals surface area contributed by atoms with E-state index in [0.29, 0.717) is 12.8 Å². The monoisotopic (exact) mass is 281 g/mol. The molecule has 1 aliphatic heterocycles. The molecule has 2 N–H and O–H groups in total. The third-order valence-corrected chi connectivity index (χ3v) is 3.57. The minimum Gasteiger partial charge on any atom is -0.352 e. The summed E-state index contributed by atoms with van der Waals surface area (Å²) in [6.07, 6.45) is 2.87. The first-order chi connectivity index (χ1) is 9.45. The number of barbiturate groups is 1. The molecule has 2 unspecified atom stereocenters. The van der Waals surface area contributed by atoms with Gasteiger partial charge in [0.25, 0.3) is 0 Å². The van der Waals surface area contributed by atoms with Crippen LogP contribution in [0.2, 0.25) is 0 Å². The third-order valence-electron chi connectivity index (χ3n) is 3.57. The van der Waals surface area contributed by atoms with E-state index in [1.807, 2.05) is 6.92 Å². The van der Waals surface area contributed by atoms with E-state index in [9.17, 15) is 19.2 Å². The van der Waals surface area contributed by atoms with Crippen molar-refractivity contribution in [3.63, 3.8) is 0 Å². The number of rotatable bonds is 5. The van der Waals surface area contributed by atoms with Gasteiger partial charge in [0.1, 0.15) is 12.0 Å². The number of nitrogens with one attached hydrogen (secondary N) is 2. The van der Waals surface area contributed by atoms with Crippen molar-refractivity contribution >= 4 is 23.8 Å². The van der Waals surface area contributed by atoms with Gasteiger partial charge >= 0.3 is 6.03 Å². The molecule has 5 amide bonds. The molecule has 1 saturated heterocycles. The normalized spacial score (nSPS) is 24.4.